The molecule has 4 rings (SSSR count). The highest BCUT2D eigenvalue weighted by molar-refractivity contribution is 7.89. The Labute approximate surface area is 180 Å². The van der Waals surface area contributed by atoms with Crippen LogP contribution in [0.1, 0.15) is 35.0 Å². The number of fused-ring (bicyclic) bond motifs is 1. The van der Waals surface area contributed by atoms with Crippen LogP contribution in [0.3, 0.4) is 0 Å². The summed E-state index contributed by atoms with van der Waals surface area (Å²) < 4.78 is 27.7. The first-order valence-corrected chi connectivity index (χ1v) is 12.1. The molecule has 1 saturated heterocycles. The van der Waals surface area contributed by atoms with E-state index in [1.54, 1.807) is 6.92 Å². The highest BCUT2D eigenvalue weighted by Crippen LogP contribution is 2.32. The zero-order valence-electron chi connectivity index (χ0n) is 16.7. The number of nitrogens with one attached hydrogen (secondary N) is 1. The summed E-state index contributed by atoms with van der Waals surface area (Å²) in [7, 11) is -3.50. The molecule has 0 saturated carbocycles. The van der Waals surface area contributed by atoms with Crippen LogP contribution in [0.2, 0.25) is 0 Å². The Balaban J connectivity index is 1.43. The molecular weight excluding hydrogens is 420 g/mol. The van der Waals surface area contributed by atoms with Gasteiger partial charge in [-0.25, -0.2) is 8.42 Å². The fraction of sp³-hybridized carbons (Fsp3) is 0.318. The van der Waals surface area contributed by atoms with Gasteiger partial charge >= 0.3 is 0 Å². The van der Waals surface area contributed by atoms with Gasteiger partial charge in [-0.1, -0.05) is 18.2 Å². The first kappa shape index (κ1) is 21.0. The Morgan fingerprint density at radius 1 is 1.13 bits per heavy atom. The maximum absolute atomic E-state index is 12.6. The van der Waals surface area contributed by atoms with Crippen LogP contribution in [0, 0.1) is 0 Å². The Bertz CT molecular complexity index is 1130. The molecule has 1 fully saturated rings. The predicted molar refractivity (Wildman–Crippen MR) is 118 cm³/mol. The third-order valence-corrected chi connectivity index (χ3v) is 8.65. The molecule has 0 aliphatic carbocycles. The van der Waals surface area contributed by atoms with E-state index in [4.69, 9.17) is 0 Å². The summed E-state index contributed by atoms with van der Waals surface area (Å²) in [4.78, 5) is 13.5. The maximum Gasteiger partial charge on any atom is 0.251 e. The number of carbonyl (C=O) groups excluding carboxylic acids is 1. The zero-order chi connectivity index (χ0) is 21.4. The van der Waals surface area contributed by atoms with E-state index in [0.717, 1.165) is 27.8 Å². The summed E-state index contributed by atoms with van der Waals surface area (Å²) in [5.41, 5.74) is -0.860. The molecule has 1 amide bonds. The van der Waals surface area contributed by atoms with Gasteiger partial charge in [0, 0.05) is 28.2 Å². The SMILES string of the molecule is CC(O)(CNC(=O)c1ccc(S(=O)(=O)N2CCCC2)cc1)c1cc2ccccc2s1. The minimum absolute atomic E-state index is 0.0481. The molecule has 2 heterocycles. The van der Waals surface area contributed by atoms with Crippen molar-refractivity contribution in [2.24, 2.45) is 0 Å². The minimum Gasteiger partial charge on any atom is -0.383 e. The molecular formula is C22H24N2O4S2. The number of nitrogens with zero attached hydrogens (tertiary/aromatic N) is 1. The quantitative estimate of drug-likeness (QED) is 0.611. The van der Waals surface area contributed by atoms with Gasteiger partial charge in [0.15, 0.2) is 0 Å². The molecule has 1 unspecified atom stereocenters. The van der Waals surface area contributed by atoms with E-state index in [1.807, 2.05) is 30.3 Å². The second-order valence-corrected chi connectivity index (χ2v) is 10.8. The predicted octanol–water partition coefficient (Wildman–Crippen LogP) is 3.32. The van der Waals surface area contributed by atoms with Crippen LogP contribution in [0.15, 0.2) is 59.5 Å². The van der Waals surface area contributed by atoms with Gasteiger partial charge in [-0.05, 0) is 61.5 Å². The van der Waals surface area contributed by atoms with E-state index >= 15 is 0 Å². The molecule has 0 bridgehead atoms. The van der Waals surface area contributed by atoms with Crippen molar-refractivity contribution in [2.75, 3.05) is 19.6 Å². The van der Waals surface area contributed by atoms with Gasteiger partial charge in [-0.15, -0.1) is 11.3 Å². The van der Waals surface area contributed by atoms with Crippen LogP contribution in [0.4, 0.5) is 0 Å². The monoisotopic (exact) mass is 444 g/mol. The maximum atomic E-state index is 12.6. The highest BCUT2D eigenvalue weighted by atomic mass is 32.2. The lowest BCUT2D eigenvalue weighted by Gasteiger charge is -2.22. The van der Waals surface area contributed by atoms with E-state index in [9.17, 15) is 18.3 Å². The van der Waals surface area contributed by atoms with Crippen molar-refractivity contribution < 1.29 is 18.3 Å². The third-order valence-electron chi connectivity index (χ3n) is 5.37. The second-order valence-electron chi connectivity index (χ2n) is 7.74. The van der Waals surface area contributed by atoms with E-state index in [0.29, 0.717) is 18.7 Å². The Hall–Kier alpha value is -2.26. The third kappa shape index (κ3) is 4.13. The molecule has 2 aromatic carbocycles. The summed E-state index contributed by atoms with van der Waals surface area (Å²) in [5.74, 6) is -0.360. The van der Waals surface area contributed by atoms with Gasteiger partial charge in [-0.3, -0.25) is 4.79 Å². The van der Waals surface area contributed by atoms with Crippen LogP contribution < -0.4 is 5.32 Å². The molecule has 1 aliphatic rings. The lowest BCUT2D eigenvalue weighted by Crippen LogP contribution is -2.38. The first-order valence-electron chi connectivity index (χ1n) is 9.87. The smallest absolute Gasteiger partial charge is 0.251 e. The van der Waals surface area contributed by atoms with Gasteiger partial charge in [0.05, 0.1) is 11.4 Å². The Morgan fingerprint density at radius 3 is 2.47 bits per heavy atom. The molecule has 158 valence electrons. The molecule has 0 radical (unpaired) electrons. The van der Waals surface area contributed by atoms with Crippen molar-refractivity contribution in [3.8, 4) is 0 Å². The highest BCUT2D eigenvalue weighted by Gasteiger charge is 2.28. The van der Waals surface area contributed by atoms with Crippen LogP contribution >= 0.6 is 11.3 Å². The molecule has 30 heavy (non-hydrogen) atoms. The zero-order valence-corrected chi connectivity index (χ0v) is 18.3. The molecule has 8 heteroatoms. The summed E-state index contributed by atoms with van der Waals surface area (Å²) >= 11 is 1.50. The van der Waals surface area contributed by atoms with E-state index < -0.39 is 15.6 Å². The summed E-state index contributed by atoms with van der Waals surface area (Å²) in [6, 6.07) is 15.8. The molecule has 0 spiro atoms. The fourth-order valence-corrected chi connectivity index (χ4v) is 6.17. The largest absolute Gasteiger partial charge is 0.383 e. The minimum atomic E-state index is -3.50. The summed E-state index contributed by atoms with van der Waals surface area (Å²) in [5, 5.41) is 14.7. The van der Waals surface area contributed by atoms with Gasteiger partial charge in [0.1, 0.15) is 5.60 Å². The van der Waals surface area contributed by atoms with Crippen LogP contribution in [0.25, 0.3) is 10.1 Å². The number of aliphatic hydroxyl groups is 1. The number of rotatable bonds is 6. The van der Waals surface area contributed by atoms with Crippen molar-refractivity contribution in [2.45, 2.75) is 30.3 Å². The standard InChI is InChI=1S/C22H24N2O4S2/c1-22(26,20-14-17-6-2-3-7-19(17)29-20)15-23-21(25)16-8-10-18(11-9-16)30(27,28)24-12-4-5-13-24/h2-3,6-11,14,26H,4-5,12-13,15H2,1H3,(H,23,25). The molecule has 1 atom stereocenters. The second kappa shape index (κ2) is 8.11. The average Bonchev–Trinajstić information content (AvgIpc) is 3.42. The summed E-state index contributed by atoms with van der Waals surface area (Å²) in [6.07, 6.45) is 1.75. The van der Waals surface area contributed by atoms with Gasteiger partial charge < -0.3 is 10.4 Å². The van der Waals surface area contributed by atoms with Crippen molar-refractivity contribution in [1.82, 2.24) is 9.62 Å². The molecule has 1 aromatic heterocycles. The lowest BCUT2D eigenvalue weighted by molar-refractivity contribution is 0.0557. The number of hydrogen-bond donors (Lipinski definition) is 2. The topological polar surface area (TPSA) is 86.7 Å². The van der Waals surface area contributed by atoms with Crippen LogP contribution in [0.5, 0.6) is 0 Å². The van der Waals surface area contributed by atoms with Crippen molar-refractivity contribution in [3.05, 3.63) is 65.0 Å². The Kier molecular flexibility index (Phi) is 5.67. The normalized spacial score (nSPS) is 17.1. The number of hydrogen-bond acceptors (Lipinski definition) is 5. The first-order chi connectivity index (χ1) is 14.3. The number of sulfonamides is 1. The number of carbonyl (C=O) groups is 1. The lowest BCUT2D eigenvalue weighted by atomic mass is 10.0. The van der Waals surface area contributed by atoms with Crippen molar-refractivity contribution in [3.63, 3.8) is 0 Å². The van der Waals surface area contributed by atoms with Crippen molar-refractivity contribution >= 4 is 37.4 Å². The number of amides is 1. The molecule has 6 nitrogen and oxygen atoms in total. The molecule has 3 aromatic rings. The van der Waals surface area contributed by atoms with E-state index in [1.165, 1.54) is 39.9 Å². The fourth-order valence-electron chi connectivity index (χ4n) is 3.54. The number of benzene rings is 2. The molecule has 1 aliphatic heterocycles. The van der Waals surface area contributed by atoms with Gasteiger partial charge in [-0.2, -0.15) is 4.31 Å². The molecule has 2 N–H and O–H groups in total. The average molecular weight is 445 g/mol. The van der Waals surface area contributed by atoms with Gasteiger partial charge in [0.25, 0.3) is 5.91 Å². The Morgan fingerprint density at radius 2 is 1.80 bits per heavy atom. The number of thiophene rings is 1. The summed E-state index contributed by atoms with van der Waals surface area (Å²) in [6.45, 7) is 2.80. The van der Waals surface area contributed by atoms with Crippen molar-refractivity contribution in [1.29, 1.82) is 0 Å². The van der Waals surface area contributed by atoms with E-state index in [2.05, 4.69) is 5.32 Å². The van der Waals surface area contributed by atoms with Crippen LogP contribution in [-0.4, -0.2) is 43.4 Å². The van der Waals surface area contributed by atoms with Gasteiger partial charge in [0.2, 0.25) is 10.0 Å². The van der Waals surface area contributed by atoms with E-state index in [-0.39, 0.29) is 17.3 Å². The van der Waals surface area contributed by atoms with Crippen LogP contribution in [-0.2, 0) is 15.6 Å².